The summed E-state index contributed by atoms with van der Waals surface area (Å²) in [5.74, 6) is -0.0567. The van der Waals surface area contributed by atoms with E-state index in [0.717, 1.165) is 11.1 Å². The summed E-state index contributed by atoms with van der Waals surface area (Å²) in [6.45, 7) is 1.93. The minimum Gasteiger partial charge on any atom is -0.481 e. The molecular weight excluding hydrogens is 384 g/mol. The molecule has 0 N–H and O–H groups in total. The molecule has 0 saturated heterocycles. The summed E-state index contributed by atoms with van der Waals surface area (Å²) >= 11 is 0. The molecule has 3 aromatic rings. The Kier molecular flexibility index (Phi) is 6.51. The van der Waals surface area contributed by atoms with Gasteiger partial charge in [0.05, 0.1) is 32.8 Å². The third-order valence-corrected chi connectivity index (χ3v) is 4.99. The molecule has 7 heteroatoms. The molecule has 156 valence electrons. The maximum atomic E-state index is 13.0. The smallest absolute Gasteiger partial charge is 0.348 e. The average Bonchev–Trinajstić information content (AvgIpc) is 2.82. The first-order valence-corrected chi connectivity index (χ1v) is 9.35. The van der Waals surface area contributed by atoms with Crippen LogP contribution < -0.4 is 14.2 Å². The van der Waals surface area contributed by atoms with E-state index < -0.39 is 17.5 Å². The lowest BCUT2D eigenvalue weighted by atomic mass is 9.72. The van der Waals surface area contributed by atoms with Crippen molar-refractivity contribution in [3.05, 3.63) is 77.9 Å². The molecule has 0 fully saturated rings. The Morgan fingerprint density at radius 1 is 0.833 bits per heavy atom. The molecule has 1 aromatic heterocycles. The number of aromatic nitrogens is 2. The van der Waals surface area contributed by atoms with Gasteiger partial charge in [0, 0.05) is 0 Å². The van der Waals surface area contributed by atoms with Crippen LogP contribution in [-0.4, -0.2) is 43.4 Å². The number of ether oxygens (including phenoxy) is 4. The van der Waals surface area contributed by atoms with Crippen LogP contribution >= 0.6 is 0 Å². The van der Waals surface area contributed by atoms with E-state index in [1.807, 2.05) is 67.6 Å². The molecule has 1 heterocycles. The highest BCUT2D eigenvalue weighted by Gasteiger charge is 2.45. The fourth-order valence-corrected chi connectivity index (χ4v) is 3.30. The van der Waals surface area contributed by atoms with E-state index >= 15 is 0 Å². The maximum absolute atomic E-state index is 13.0. The van der Waals surface area contributed by atoms with Gasteiger partial charge in [-0.05, 0) is 18.1 Å². The predicted octanol–water partition coefficient (Wildman–Crippen LogP) is 3.42. The molecule has 0 spiro atoms. The highest BCUT2D eigenvalue weighted by molar-refractivity contribution is 5.78. The molecule has 0 saturated carbocycles. The van der Waals surface area contributed by atoms with Gasteiger partial charge in [-0.1, -0.05) is 60.7 Å². The van der Waals surface area contributed by atoms with Gasteiger partial charge >= 0.3 is 12.0 Å². The van der Waals surface area contributed by atoms with Crippen LogP contribution in [0, 0.1) is 0 Å². The van der Waals surface area contributed by atoms with Crippen molar-refractivity contribution in [3.8, 4) is 17.8 Å². The van der Waals surface area contributed by atoms with Gasteiger partial charge in [-0.3, -0.25) is 0 Å². The van der Waals surface area contributed by atoms with Gasteiger partial charge in [-0.2, -0.15) is 9.97 Å². The van der Waals surface area contributed by atoms with Gasteiger partial charge in [0.2, 0.25) is 17.9 Å². The number of benzene rings is 2. The Morgan fingerprint density at radius 3 is 1.70 bits per heavy atom. The van der Waals surface area contributed by atoms with Gasteiger partial charge < -0.3 is 18.9 Å². The van der Waals surface area contributed by atoms with Crippen molar-refractivity contribution in [2.45, 2.75) is 18.4 Å². The molecule has 2 aromatic carbocycles. The summed E-state index contributed by atoms with van der Waals surface area (Å²) in [4.78, 5) is 21.4. The highest BCUT2D eigenvalue weighted by Crippen LogP contribution is 2.38. The molecule has 0 aliphatic heterocycles. The summed E-state index contributed by atoms with van der Waals surface area (Å²) in [5, 5.41) is 0. The minimum absolute atomic E-state index is 0.0558. The van der Waals surface area contributed by atoms with Crippen LogP contribution in [0.15, 0.2) is 66.7 Å². The zero-order valence-corrected chi connectivity index (χ0v) is 17.4. The van der Waals surface area contributed by atoms with Crippen LogP contribution in [0.1, 0.15) is 18.1 Å². The van der Waals surface area contributed by atoms with Crippen molar-refractivity contribution < 1.29 is 23.7 Å². The molecule has 7 nitrogen and oxygen atoms in total. The molecule has 30 heavy (non-hydrogen) atoms. The predicted molar refractivity (Wildman–Crippen MR) is 111 cm³/mol. The second-order valence-corrected chi connectivity index (χ2v) is 6.69. The van der Waals surface area contributed by atoms with Crippen LogP contribution in [0.5, 0.6) is 17.8 Å². The molecule has 0 aliphatic rings. The maximum Gasteiger partial charge on any atom is 0.348 e. The third kappa shape index (κ3) is 4.20. The topological polar surface area (TPSA) is 79.8 Å². The van der Waals surface area contributed by atoms with E-state index in [4.69, 9.17) is 18.9 Å². The Bertz CT molecular complexity index is 918. The number of methoxy groups -OCH3 is 3. The fourth-order valence-electron chi connectivity index (χ4n) is 3.30. The van der Waals surface area contributed by atoms with Crippen molar-refractivity contribution in [1.82, 2.24) is 9.97 Å². The van der Waals surface area contributed by atoms with Gasteiger partial charge in [0.1, 0.15) is 0 Å². The SMILES string of the molecule is COC(=O)C(Oc1nc(OC)cc(OC)n1)C(C)(c1ccccc1)c1ccccc1. The average molecular weight is 408 g/mol. The monoisotopic (exact) mass is 408 g/mol. The third-order valence-electron chi connectivity index (χ3n) is 4.99. The van der Waals surface area contributed by atoms with Gasteiger partial charge in [0.15, 0.2) is 0 Å². The van der Waals surface area contributed by atoms with Gasteiger partial charge in [-0.15, -0.1) is 0 Å². The van der Waals surface area contributed by atoms with Crippen molar-refractivity contribution in [1.29, 1.82) is 0 Å². The summed E-state index contributed by atoms with van der Waals surface area (Å²) in [6.07, 6.45) is -1.08. The van der Waals surface area contributed by atoms with Crippen LogP contribution in [-0.2, 0) is 14.9 Å². The number of hydrogen-bond acceptors (Lipinski definition) is 7. The van der Waals surface area contributed by atoms with E-state index in [-0.39, 0.29) is 17.8 Å². The van der Waals surface area contributed by atoms with Gasteiger partial charge in [-0.25, -0.2) is 4.79 Å². The molecule has 1 atom stereocenters. The van der Waals surface area contributed by atoms with Crippen molar-refractivity contribution in [2.24, 2.45) is 0 Å². The standard InChI is InChI=1S/C23H24N2O5/c1-23(16-11-7-5-8-12-16,17-13-9-6-10-14-17)20(21(26)29-4)30-22-24-18(27-2)15-19(25-22)28-3/h5-15,20H,1-4H3. The summed E-state index contributed by atoms with van der Waals surface area (Å²) in [7, 11) is 4.27. The van der Waals surface area contributed by atoms with E-state index in [1.165, 1.54) is 27.4 Å². The van der Waals surface area contributed by atoms with Crippen molar-refractivity contribution >= 4 is 5.97 Å². The van der Waals surface area contributed by atoms with Crippen LogP contribution in [0.2, 0.25) is 0 Å². The number of carbonyl (C=O) groups excluding carboxylic acids is 1. The van der Waals surface area contributed by atoms with E-state index in [1.54, 1.807) is 0 Å². The first-order valence-electron chi connectivity index (χ1n) is 9.35. The lowest BCUT2D eigenvalue weighted by molar-refractivity contribution is -0.151. The second kappa shape index (κ2) is 9.26. The number of hydrogen-bond donors (Lipinski definition) is 0. The Morgan fingerprint density at radius 2 is 1.30 bits per heavy atom. The van der Waals surface area contributed by atoms with Crippen LogP contribution in [0.3, 0.4) is 0 Å². The highest BCUT2D eigenvalue weighted by atomic mass is 16.6. The first-order chi connectivity index (χ1) is 14.5. The van der Waals surface area contributed by atoms with E-state index in [2.05, 4.69) is 9.97 Å². The fraction of sp³-hybridized carbons (Fsp3) is 0.261. The second-order valence-electron chi connectivity index (χ2n) is 6.69. The molecule has 0 radical (unpaired) electrons. The number of esters is 1. The van der Waals surface area contributed by atoms with Crippen molar-refractivity contribution in [3.63, 3.8) is 0 Å². The van der Waals surface area contributed by atoms with Crippen LogP contribution in [0.25, 0.3) is 0 Å². The zero-order chi connectivity index (χ0) is 21.6. The molecular formula is C23H24N2O5. The van der Waals surface area contributed by atoms with E-state index in [9.17, 15) is 4.79 Å². The summed E-state index contributed by atoms with van der Waals surface area (Å²) in [6, 6.07) is 20.7. The molecule has 3 rings (SSSR count). The van der Waals surface area contributed by atoms with Crippen LogP contribution in [0.4, 0.5) is 0 Å². The first kappa shape index (κ1) is 21.1. The Labute approximate surface area is 175 Å². The molecule has 0 amide bonds. The largest absolute Gasteiger partial charge is 0.481 e. The number of nitrogens with zero attached hydrogens (tertiary/aromatic N) is 2. The van der Waals surface area contributed by atoms with E-state index in [0.29, 0.717) is 0 Å². The summed E-state index contributed by atoms with van der Waals surface area (Å²) in [5.41, 5.74) is 0.859. The molecule has 1 unspecified atom stereocenters. The lowest BCUT2D eigenvalue weighted by Crippen LogP contribution is -2.48. The Hall–Kier alpha value is -3.61. The lowest BCUT2D eigenvalue weighted by Gasteiger charge is -2.36. The Balaban J connectivity index is 2.15. The molecule has 0 aliphatic carbocycles. The minimum atomic E-state index is -1.08. The van der Waals surface area contributed by atoms with Gasteiger partial charge in [0.25, 0.3) is 0 Å². The number of carbonyl (C=O) groups is 1. The summed E-state index contributed by atoms with van der Waals surface area (Å²) < 4.78 is 21.6. The van der Waals surface area contributed by atoms with Crippen molar-refractivity contribution in [2.75, 3.05) is 21.3 Å². The normalized spacial score (nSPS) is 12.0. The molecule has 0 bridgehead atoms. The zero-order valence-electron chi connectivity index (χ0n) is 17.4. The quantitative estimate of drug-likeness (QED) is 0.528. The number of rotatable bonds is 8.